The smallest absolute Gasteiger partial charge is 0.300 e. The highest BCUT2D eigenvalue weighted by Crippen LogP contribution is 2.29. The van der Waals surface area contributed by atoms with E-state index in [1.54, 1.807) is 0 Å². The summed E-state index contributed by atoms with van der Waals surface area (Å²) in [5.41, 5.74) is -0.803. The van der Waals surface area contributed by atoms with E-state index in [2.05, 4.69) is 0 Å². The summed E-state index contributed by atoms with van der Waals surface area (Å²) < 4.78 is 0. The van der Waals surface area contributed by atoms with Crippen molar-refractivity contribution < 1.29 is 19.3 Å². The van der Waals surface area contributed by atoms with Gasteiger partial charge >= 0.3 is 5.69 Å². The third kappa shape index (κ3) is 2.59. The van der Waals surface area contributed by atoms with Crippen molar-refractivity contribution in [1.82, 2.24) is 10.2 Å². The van der Waals surface area contributed by atoms with Crippen molar-refractivity contribution in [2.24, 2.45) is 0 Å². The molecule has 8 nitrogen and oxygen atoms in total. The van der Waals surface area contributed by atoms with Gasteiger partial charge < -0.3 is 4.90 Å². The van der Waals surface area contributed by atoms with Gasteiger partial charge in [0.05, 0.1) is 4.92 Å². The summed E-state index contributed by atoms with van der Waals surface area (Å²) in [7, 11) is 0. The second-order valence-corrected chi connectivity index (χ2v) is 4.43. The first-order valence-corrected chi connectivity index (χ1v) is 5.83. The Bertz CT molecular complexity index is 614. The topological polar surface area (TPSA) is 110 Å². The molecule has 0 atom stereocenters. The molecule has 1 N–H and O–H groups in total. The summed E-state index contributed by atoms with van der Waals surface area (Å²) in [5, 5.41) is 12.8. The van der Waals surface area contributed by atoms with Crippen molar-refractivity contribution in [3.63, 3.8) is 0 Å². The van der Waals surface area contributed by atoms with Gasteiger partial charge in [0.2, 0.25) is 11.8 Å². The zero-order valence-corrected chi connectivity index (χ0v) is 10.7. The normalized spacial score (nSPS) is 14.9. The van der Waals surface area contributed by atoms with Gasteiger partial charge in [0.1, 0.15) is 23.7 Å². The van der Waals surface area contributed by atoms with Crippen molar-refractivity contribution in [3.8, 4) is 0 Å². The van der Waals surface area contributed by atoms with E-state index in [9.17, 15) is 24.5 Å². The fraction of sp³-hybridized carbons (Fsp3) is 0.182. The molecule has 1 heterocycles. The lowest BCUT2D eigenvalue weighted by Crippen LogP contribution is -2.53. The fourth-order valence-corrected chi connectivity index (χ4v) is 2.07. The standard InChI is InChI=1S/C11H8ClN3O5/c12-7-3-1-2-6(10(7)15(19)20)11(18)14-4-8(16)13-9(17)5-14/h1-3H,4-5H2,(H,13,16,17). The first-order valence-electron chi connectivity index (χ1n) is 5.45. The van der Waals surface area contributed by atoms with Crippen molar-refractivity contribution in [2.75, 3.05) is 13.1 Å². The van der Waals surface area contributed by atoms with Gasteiger partial charge in [-0.2, -0.15) is 0 Å². The lowest BCUT2D eigenvalue weighted by Gasteiger charge is -2.25. The monoisotopic (exact) mass is 297 g/mol. The Labute approximate surface area is 117 Å². The number of amides is 3. The predicted molar refractivity (Wildman–Crippen MR) is 67.2 cm³/mol. The lowest BCUT2D eigenvalue weighted by atomic mass is 10.1. The molecule has 0 unspecified atom stereocenters. The number of piperazine rings is 1. The number of halogens is 1. The molecule has 104 valence electrons. The van der Waals surface area contributed by atoms with Gasteiger partial charge in [-0.3, -0.25) is 29.8 Å². The molecule has 20 heavy (non-hydrogen) atoms. The van der Waals surface area contributed by atoms with Crippen LogP contribution in [-0.2, 0) is 9.59 Å². The number of para-hydroxylation sites is 1. The minimum Gasteiger partial charge on any atom is -0.320 e. The molecule has 0 aliphatic carbocycles. The van der Waals surface area contributed by atoms with Gasteiger partial charge in [-0.05, 0) is 12.1 Å². The quantitative estimate of drug-likeness (QED) is 0.481. The number of hydrogen-bond acceptors (Lipinski definition) is 5. The van der Waals surface area contributed by atoms with Crippen LogP contribution in [0.2, 0.25) is 5.02 Å². The van der Waals surface area contributed by atoms with Crippen LogP contribution in [0.15, 0.2) is 18.2 Å². The number of carbonyl (C=O) groups excluding carboxylic acids is 3. The minimum atomic E-state index is -0.789. The molecule has 3 amide bonds. The van der Waals surface area contributed by atoms with Crippen LogP contribution in [-0.4, -0.2) is 40.6 Å². The van der Waals surface area contributed by atoms with Crippen molar-refractivity contribution in [2.45, 2.75) is 0 Å². The summed E-state index contributed by atoms with van der Waals surface area (Å²) in [6.07, 6.45) is 0. The summed E-state index contributed by atoms with van der Waals surface area (Å²) in [6.45, 7) is -0.678. The van der Waals surface area contributed by atoms with Crippen LogP contribution in [0.25, 0.3) is 0 Å². The second-order valence-electron chi connectivity index (χ2n) is 4.03. The third-order valence-electron chi connectivity index (χ3n) is 2.63. The number of nitrogens with one attached hydrogen (secondary N) is 1. The Morgan fingerprint density at radius 2 is 1.90 bits per heavy atom. The number of benzene rings is 1. The Kier molecular flexibility index (Phi) is 3.66. The highest BCUT2D eigenvalue weighted by molar-refractivity contribution is 6.33. The van der Waals surface area contributed by atoms with E-state index in [0.717, 1.165) is 4.90 Å². The lowest BCUT2D eigenvalue weighted by molar-refractivity contribution is -0.385. The summed E-state index contributed by atoms with van der Waals surface area (Å²) >= 11 is 5.71. The van der Waals surface area contributed by atoms with E-state index in [-0.39, 0.29) is 23.7 Å². The van der Waals surface area contributed by atoms with E-state index in [4.69, 9.17) is 11.6 Å². The average Bonchev–Trinajstić information content (AvgIpc) is 2.35. The molecule has 1 aliphatic heterocycles. The molecule has 1 aromatic rings. The van der Waals surface area contributed by atoms with Crippen LogP contribution in [0.4, 0.5) is 5.69 Å². The molecule has 0 radical (unpaired) electrons. The molecule has 2 rings (SSSR count). The van der Waals surface area contributed by atoms with Crippen LogP contribution in [0.1, 0.15) is 10.4 Å². The summed E-state index contributed by atoms with van der Waals surface area (Å²) in [5.74, 6) is -2.07. The number of nitro groups is 1. The highest BCUT2D eigenvalue weighted by Gasteiger charge is 2.32. The minimum absolute atomic E-state index is 0.186. The van der Waals surface area contributed by atoms with E-state index in [0.29, 0.717) is 0 Å². The Balaban J connectivity index is 2.39. The molecular formula is C11H8ClN3O5. The largest absolute Gasteiger partial charge is 0.320 e. The van der Waals surface area contributed by atoms with E-state index in [1.807, 2.05) is 5.32 Å². The predicted octanol–water partition coefficient (Wildman–Crippen LogP) is 0.347. The van der Waals surface area contributed by atoms with Crippen molar-refractivity contribution in [1.29, 1.82) is 0 Å². The molecule has 0 aromatic heterocycles. The third-order valence-corrected chi connectivity index (χ3v) is 2.94. The Morgan fingerprint density at radius 3 is 2.45 bits per heavy atom. The molecule has 9 heteroatoms. The van der Waals surface area contributed by atoms with E-state index >= 15 is 0 Å². The van der Waals surface area contributed by atoms with Crippen molar-refractivity contribution in [3.05, 3.63) is 38.9 Å². The number of imide groups is 1. The maximum absolute atomic E-state index is 12.2. The Hall–Kier alpha value is -2.48. The van der Waals surface area contributed by atoms with Gasteiger partial charge in [0, 0.05) is 0 Å². The second kappa shape index (κ2) is 5.25. The number of nitrogens with zero attached hydrogens (tertiary/aromatic N) is 2. The molecule has 0 bridgehead atoms. The molecule has 1 aromatic carbocycles. The van der Waals surface area contributed by atoms with E-state index < -0.39 is 28.3 Å². The van der Waals surface area contributed by atoms with Gasteiger partial charge in [-0.25, -0.2) is 0 Å². The molecule has 1 aliphatic rings. The van der Waals surface area contributed by atoms with Gasteiger partial charge in [-0.1, -0.05) is 17.7 Å². The highest BCUT2D eigenvalue weighted by atomic mass is 35.5. The van der Waals surface area contributed by atoms with Gasteiger partial charge in [-0.15, -0.1) is 0 Å². The Morgan fingerprint density at radius 1 is 1.30 bits per heavy atom. The zero-order chi connectivity index (χ0) is 14.9. The van der Waals surface area contributed by atoms with Crippen LogP contribution in [0, 0.1) is 10.1 Å². The first kappa shape index (κ1) is 13.9. The molecule has 0 spiro atoms. The van der Waals surface area contributed by atoms with Gasteiger partial charge in [0.25, 0.3) is 5.91 Å². The van der Waals surface area contributed by atoms with E-state index in [1.165, 1.54) is 18.2 Å². The number of hydrogen-bond donors (Lipinski definition) is 1. The molecule has 0 saturated carbocycles. The zero-order valence-electron chi connectivity index (χ0n) is 9.96. The SMILES string of the molecule is O=C1CN(C(=O)c2cccc(Cl)c2[N+](=O)[O-])CC(=O)N1. The molecular weight excluding hydrogens is 290 g/mol. The molecule has 1 fully saturated rings. The van der Waals surface area contributed by atoms with Gasteiger partial charge in [0.15, 0.2) is 0 Å². The summed E-state index contributed by atoms with van der Waals surface area (Å²) in [4.78, 5) is 45.8. The molecule has 1 saturated heterocycles. The number of rotatable bonds is 2. The maximum atomic E-state index is 12.2. The average molecular weight is 298 g/mol. The van der Waals surface area contributed by atoms with Crippen LogP contribution in [0.5, 0.6) is 0 Å². The van der Waals surface area contributed by atoms with Crippen LogP contribution in [0.3, 0.4) is 0 Å². The first-order chi connectivity index (χ1) is 9.40. The van der Waals surface area contributed by atoms with Crippen LogP contribution < -0.4 is 5.32 Å². The maximum Gasteiger partial charge on any atom is 0.300 e. The summed E-state index contributed by atoms with van der Waals surface area (Å²) in [6, 6.07) is 3.89. The van der Waals surface area contributed by atoms with Crippen molar-refractivity contribution >= 4 is 35.0 Å². The number of carbonyl (C=O) groups is 3. The van der Waals surface area contributed by atoms with Crippen LogP contribution >= 0.6 is 11.6 Å². The number of nitro benzene ring substituents is 1. The fourth-order valence-electron chi connectivity index (χ4n) is 1.82.